The number of carbonyl (C=O) groups is 2. The quantitative estimate of drug-likeness (QED) is 0.515. The summed E-state index contributed by atoms with van der Waals surface area (Å²) in [5.41, 5.74) is 2.46. The monoisotopic (exact) mass is 396 g/mol. The zero-order chi connectivity index (χ0) is 21.1. The third-order valence-corrected chi connectivity index (χ3v) is 4.92. The second kappa shape index (κ2) is 8.17. The van der Waals surface area contributed by atoms with E-state index in [0.717, 1.165) is 5.56 Å². The van der Waals surface area contributed by atoms with Gasteiger partial charge in [-0.25, -0.2) is 0 Å². The summed E-state index contributed by atoms with van der Waals surface area (Å²) >= 11 is 0. The number of aromatic nitrogens is 1. The molecule has 0 aliphatic rings. The highest BCUT2D eigenvalue weighted by molar-refractivity contribution is 6.10. The number of anilines is 1. The van der Waals surface area contributed by atoms with E-state index in [1.807, 2.05) is 37.3 Å². The van der Waals surface area contributed by atoms with Gasteiger partial charge in [0.05, 0.1) is 11.1 Å². The molecule has 4 rings (SSSR count). The number of hydrogen-bond acceptors (Lipinski definition) is 3. The first kappa shape index (κ1) is 19.3. The fraction of sp³-hybridized carbons (Fsp3) is 0.0800. The molecule has 1 amide bonds. The van der Waals surface area contributed by atoms with Crippen molar-refractivity contribution in [2.45, 2.75) is 13.5 Å². The van der Waals surface area contributed by atoms with Crippen molar-refractivity contribution in [3.05, 3.63) is 112 Å². The summed E-state index contributed by atoms with van der Waals surface area (Å²) in [5.74, 6) is -0.605. The number of benzene rings is 3. The molecule has 4 aromatic rings. The molecule has 1 N–H and O–H groups in total. The molecule has 0 spiro atoms. The van der Waals surface area contributed by atoms with E-state index in [4.69, 9.17) is 0 Å². The number of nitrogens with one attached hydrogen (secondary N) is 1. The number of pyridine rings is 1. The minimum absolute atomic E-state index is 0.0239. The van der Waals surface area contributed by atoms with Crippen molar-refractivity contribution < 1.29 is 9.59 Å². The molecule has 30 heavy (non-hydrogen) atoms. The third kappa shape index (κ3) is 3.91. The largest absolute Gasteiger partial charge is 0.337 e. The molecule has 0 bridgehead atoms. The lowest BCUT2D eigenvalue weighted by molar-refractivity contribution is -0.116. The summed E-state index contributed by atoms with van der Waals surface area (Å²) in [6, 6.07) is 23.2. The molecule has 1 aromatic heterocycles. The van der Waals surface area contributed by atoms with E-state index in [9.17, 15) is 14.4 Å². The maximum absolute atomic E-state index is 13.0. The maximum Gasteiger partial charge on any atom is 0.244 e. The molecule has 3 aromatic carbocycles. The Balaban J connectivity index is 1.74. The fourth-order valence-corrected chi connectivity index (χ4v) is 3.37. The number of para-hydroxylation sites is 2. The van der Waals surface area contributed by atoms with Crippen LogP contribution in [0.4, 0.5) is 5.69 Å². The van der Waals surface area contributed by atoms with E-state index in [1.165, 1.54) is 6.20 Å². The van der Waals surface area contributed by atoms with Crippen LogP contribution in [-0.2, 0) is 11.3 Å². The normalized spacial score (nSPS) is 10.7. The van der Waals surface area contributed by atoms with Gasteiger partial charge in [-0.1, -0.05) is 60.2 Å². The molecule has 0 saturated carbocycles. The van der Waals surface area contributed by atoms with E-state index in [-0.39, 0.29) is 29.2 Å². The summed E-state index contributed by atoms with van der Waals surface area (Å²) in [5, 5.41) is 3.24. The lowest BCUT2D eigenvalue weighted by atomic mass is 10.0. The summed E-state index contributed by atoms with van der Waals surface area (Å²) in [4.78, 5) is 38.6. The summed E-state index contributed by atoms with van der Waals surface area (Å²) in [6.45, 7) is 1.91. The van der Waals surface area contributed by atoms with Crippen molar-refractivity contribution in [3.63, 3.8) is 0 Å². The highest BCUT2D eigenvalue weighted by Gasteiger charge is 2.18. The molecule has 0 atom stereocenters. The van der Waals surface area contributed by atoms with Gasteiger partial charge in [0, 0.05) is 22.8 Å². The maximum atomic E-state index is 13.0. The van der Waals surface area contributed by atoms with Gasteiger partial charge in [0.15, 0.2) is 5.78 Å². The lowest BCUT2D eigenvalue weighted by Crippen LogP contribution is -2.24. The van der Waals surface area contributed by atoms with Crippen LogP contribution in [0.2, 0.25) is 0 Å². The third-order valence-electron chi connectivity index (χ3n) is 4.92. The minimum Gasteiger partial charge on any atom is -0.337 e. The van der Waals surface area contributed by atoms with Crippen LogP contribution in [0.3, 0.4) is 0 Å². The number of ketones is 1. The summed E-state index contributed by atoms with van der Waals surface area (Å²) in [7, 11) is 0. The number of carbonyl (C=O) groups excluding carboxylic acids is 2. The molecule has 148 valence electrons. The van der Waals surface area contributed by atoms with E-state index >= 15 is 0 Å². The van der Waals surface area contributed by atoms with Crippen LogP contribution in [0.15, 0.2) is 89.9 Å². The molecule has 0 aliphatic heterocycles. The standard InChI is InChI=1S/C25H20N2O3/c1-17-11-13-18(14-12-17)24(29)21-15-27(22-10-6-5-9-20(22)25(21)30)16-23(28)26-19-7-3-2-4-8-19/h2-15H,16H2,1H3,(H,26,28). The Kier molecular flexibility index (Phi) is 5.26. The van der Waals surface area contributed by atoms with Crippen LogP contribution >= 0.6 is 0 Å². The zero-order valence-electron chi connectivity index (χ0n) is 16.5. The Hall–Kier alpha value is -3.99. The van der Waals surface area contributed by atoms with Gasteiger partial charge in [-0.05, 0) is 31.2 Å². The van der Waals surface area contributed by atoms with Gasteiger partial charge in [0.1, 0.15) is 6.54 Å². The van der Waals surface area contributed by atoms with Gasteiger partial charge in [-0.3, -0.25) is 14.4 Å². The van der Waals surface area contributed by atoms with Crippen LogP contribution in [-0.4, -0.2) is 16.3 Å². The van der Waals surface area contributed by atoms with Gasteiger partial charge in [0.25, 0.3) is 0 Å². The van der Waals surface area contributed by atoms with Gasteiger partial charge in [-0.15, -0.1) is 0 Å². The molecule has 5 heteroatoms. The first-order valence-electron chi connectivity index (χ1n) is 9.61. The number of nitrogens with zero attached hydrogens (tertiary/aromatic N) is 1. The minimum atomic E-state index is -0.358. The molecule has 0 aliphatic carbocycles. The average Bonchev–Trinajstić information content (AvgIpc) is 2.76. The molecule has 1 heterocycles. The van der Waals surface area contributed by atoms with Crippen LogP contribution in [0.1, 0.15) is 21.5 Å². The molecular formula is C25H20N2O3. The summed E-state index contributed by atoms with van der Waals surface area (Å²) < 4.78 is 1.65. The number of fused-ring (bicyclic) bond motifs is 1. The molecular weight excluding hydrogens is 376 g/mol. The predicted octanol–water partition coefficient (Wildman–Crippen LogP) is 4.18. The average molecular weight is 396 g/mol. The highest BCUT2D eigenvalue weighted by Crippen LogP contribution is 2.15. The fourth-order valence-electron chi connectivity index (χ4n) is 3.37. The van der Waals surface area contributed by atoms with E-state index in [1.54, 1.807) is 53.1 Å². The number of amides is 1. The predicted molar refractivity (Wildman–Crippen MR) is 118 cm³/mol. The molecule has 0 radical (unpaired) electrons. The molecule has 0 fully saturated rings. The first-order chi connectivity index (χ1) is 14.5. The van der Waals surface area contributed by atoms with Gasteiger partial charge < -0.3 is 9.88 Å². The van der Waals surface area contributed by atoms with Crippen LogP contribution in [0.25, 0.3) is 10.9 Å². The number of aryl methyl sites for hydroxylation is 1. The lowest BCUT2D eigenvalue weighted by Gasteiger charge is -2.13. The number of hydrogen-bond donors (Lipinski definition) is 1. The Labute approximate surface area is 173 Å². The van der Waals surface area contributed by atoms with Gasteiger partial charge >= 0.3 is 0 Å². The Morgan fingerprint density at radius 3 is 2.27 bits per heavy atom. The van der Waals surface area contributed by atoms with Crippen LogP contribution in [0.5, 0.6) is 0 Å². The molecule has 0 saturated heterocycles. The second-order valence-electron chi connectivity index (χ2n) is 7.13. The second-order valence-corrected chi connectivity index (χ2v) is 7.13. The van der Waals surface area contributed by atoms with Crippen molar-refractivity contribution >= 4 is 28.3 Å². The van der Waals surface area contributed by atoms with E-state index < -0.39 is 0 Å². The Morgan fingerprint density at radius 2 is 1.53 bits per heavy atom. The van der Waals surface area contributed by atoms with Gasteiger partial charge in [0.2, 0.25) is 11.3 Å². The molecule has 5 nitrogen and oxygen atoms in total. The molecule has 0 unspecified atom stereocenters. The van der Waals surface area contributed by atoms with E-state index in [0.29, 0.717) is 22.2 Å². The van der Waals surface area contributed by atoms with Crippen LogP contribution in [0, 0.1) is 6.92 Å². The topological polar surface area (TPSA) is 68.2 Å². The Morgan fingerprint density at radius 1 is 0.867 bits per heavy atom. The first-order valence-corrected chi connectivity index (χ1v) is 9.61. The van der Waals surface area contributed by atoms with Crippen LogP contribution < -0.4 is 10.7 Å². The van der Waals surface area contributed by atoms with Crippen molar-refractivity contribution in [2.24, 2.45) is 0 Å². The Bertz CT molecular complexity index is 1290. The van der Waals surface area contributed by atoms with E-state index in [2.05, 4.69) is 5.32 Å². The van der Waals surface area contributed by atoms with Crippen molar-refractivity contribution in [1.82, 2.24) is 4.57 Å². The van der Waals surface area contributed by atoms with Gasteiger partial charge in [-0.2, -0.15) is 0 Å². The zero-order valence-corrected chi connectivity index (χ0v) is 16.5. The van der Waals surface area contributed by atoms with Crippen molar-refractivity contribution in [1.29, 1.82) is 0 Å². The summed E-state index contributed by atoms with van der Waals surface area (Å²) in [6.07, 6.45) is 1.48. The smallest absolute Gasteiger partial charge is 0.244 e. The highest BCUT2D eigenvalue weighted by atomic mass is 16.2. The van der Waals surface area contributed by atoms with Crippen molar-refractivity contribution in [2.75, 3.05) is 5.32 Å². The van der Waals surface area contributed by atoms with Crippen molar-refractivity contribution in [3.8, 4) is 0 Å². The SMILES string of the molecule is Cc1ccc(C(=O)c2cn(CC(=O)Nc3ccccc3)c3ccccc3c2=O)cc1. The number of rotatable bonds is 5.